The first-order valence-corrected chi connectivity index (χ1v) is 6.75. The lowest BCUT2D eigenvalue weighted by atomic mass is 9.67. The maximum absolute atomic E-state index is 6.59. The van der Waals surface area contributed by atoms with Crippen molar-refractivity contribution >= 4 is 11.8 Å². The summed E-state index contributed by atoms with van der Waals surface area (Å²) in [5.41, 5.74) is 6.79. The zero-order chi connectivity index (χ0) is 9.31. The van der Waals surface area contributed by atoms with E-state index in [0.717, 1.165) is 11.8 Å². The number of nitrogens with two attached hydrogens (primary N) is 1. The Morgan fingerprint density at radius 2 is 2.15 bits per heavy atom. The van der Waals surface area contributed by atoms with Crippen molar-refractivity contribution in [2.45, 2.75) is 44.6 Å². The molecule has 1 heterocycles. The van der Waals surface area contributed by atoms with Crippen LogP contribution in [0.3, 0.4) is 0 Å². The molecule has 0 aromatic carbocycles. The zero-order valence-corrected chi connectivity index (χ0v) is 9.41. The molecular formula is C11H21NS. The van der Waals surface area contributed by atoms with Crippen LogP contribution in [-0.4, -0.2) is 17.0 Å². The van der Waals surface area contributed by atoms with Crippen LogP contribution in [0.25, 0.3) is 0 Å². The van der Waals surface area contributed by atoms with Gasteiger partial charge in [-0.1, -0.05) is 19.8 Å². The third-order valence-corrected chi connectivity index (χ3v) is 5.27. The van der Waals surface area contributed by atoms with Crippen molar-refractivity contribution in [1.82, 2.24) is 0 Å². The summed E-state index contributed by atoms with van der Waals surface area (Å²) in [6.45, 7) is 2.36. The zero-order valence-electron chi connectivity index (χ0n) is 8.59. The van der Waals surface area contributed by atoms with E-state index in [4.69, 9.17) is 5.73 Å². The van der Waals surface area contributed by atoms with Crippen molar-refractivity contribution in [1.29, 1.82) is 0 Å². The molecule has 2 aliphatic rings. The lowest BCUT2D eigenvalue weighted by molar-refractivity contribution is 0.141. The van der Waals surface area contributed by atoms with Crippen molar-refractivity contribution in [2.75, 3.05) is 11.5 Å². The van der Waals surface area contributed by atoms with Crippen molar-refractivity contribution in [2.24, 2.45) is 17.6 Å². The maximum atomic E-state index is 6.59. The molecule has 1 aliphatic heterocycles. The van der Waals surface area contributed by atoms with E-state index in [2.05, 4.69) is 18.7 Å². The van der Waals surface area contributed by atoms with Crippen LogP contribution >= 0.6 is 11.8 Å². The van der Waals surface area contributed by atoms with Gasteiger partial charge >= 0.3 is 0 Å². The number of hydrogen-bond donors (Lipinski definition) is 1. The molecule has 0 amide bonds. The lowest BCUT2D eigenvalue weighted by Crippen LogP contribution is -2.54. The first-order valence-electron chi connectivity index (χ1n) is 5.60. The molecule has 1 nitrogen and oxygen atoms in total. The van der Waals surface area contributed by atoms with Gasteiger partial charge in [0, 0.05) is 5.54 Å². The van der Waals surface area contributed by atoms with Gasteiger partial charge in [0.1, 0.15) is 0 Å². The van der Waals surface area contributed by atoms with Gasteiger partial charge in [-0.15, -0.1) is 0 Å². The molecule has 1 aliphatic carbocycles. The second kappa shape index (κ2) is 3.82. The highest BCUT2D eigenvalue weighted by atomic mass is 32.2. The topological polar surface area (TPSA) is 26.0 Å². The highest BCUT2D eigenvalue weighted by Crippen LogP contribution is 2.42. The molecule has 1 saturated heterocycles. The van der Waals surface area contributed by atoms with Gasteiger partial charge in [-0.2, -0.15) is 11.8 Å². The summed E-state index contributed by atoms with van der Waals surface area (Å²) >= 11 is 2.10. The third kappa shape index (κ3) is 1.75. The van der Waals surface area contributed by atoms with Crippen LogP contribution in [0.15, 0.2) is 0 Å². The van der Waals surface area contributed by atoms with Crippen LogP contribution in [0.2, 0.25) is 0 Å². The summed E-state index contributed by atoms with van der Waals surface area (Å²) in [5, 5.41) is 0. The van der Waals surface area contributed by atoms with Gasteiger partial charge in [-0.05, 0) is 42.6 Å². The molecule has 0 radical (unpaired) electrons. The van der Waals surface area contributed by atoms with Crippen LogP contribution in [0, 0.1) is 11.8 Å². The summed E-state index contributed by atoms with van der Waals surface area (Å²) < 4.78 is 0. The summed E-state index contributed by atoms with van der Waals surface area (Å²) in [6, 6.07) is 0. The van der Waals surface area contributed by atoms with E-state index in [1.165, 1.54) is 43.6 Å². The fourth-order valence-corrected chi connectivity index (χ4v) is 4.34. The lowest BCUT2D eigenvalue weighted by Gasteiger charge is -2.44. The third-order valence-electron chi connectivity index (χ3n) is 4.10. The van der Waals surface area contributed by atoms with Gasteiger partial charge in [-0.25, -0.2) is 0 Å². The Morgan fingerprint density at radius 3 is 2.77 bits per heavy atom. The molecule has 3 unspecified atom stereocenters. The largest absolute Gasteiger partial charge is 0.325 e. The van der Waals surface area contributed by atoms with Crippen LogP contribution < -0.4 is 5.73 Å². The Morgan fingerprint density at radius 1 is 1.31 bits per heavy atom. The fourth-order valence-electron chi connectivity index (χ4n) is 2.96. The Balaban J connectivity index is 2.06. The second-order valence-electron chi connectivity index (χ2n) is 4.82. The van der Waals surface area contributed by atoms with Gasteiger partial charge < -0.3 is 5.73 Å². The summed E-state index contributed by atoms with van der Waals surface area (Å²) in [7, 11) is 0. The molecule has 2 rings (SSSR count). The molecule has 3 atom stereocenters. The fraction of sp³-hybridized carbons (Fsp3) is 1.00. The van der Waals surface area contributed by atoms with Gasteiger partial charge in [0.25, 0.3) is 0 Å². The average Bonchev–Trinajstić information content (AvgIpc) is 2.63. The molecule has 0 spiro atoms. The molecule has 76 valence electrons. The minimum Gasteiger partial charge on any atom is -0.325 e. The Labute approximate surface area is 85.8 Å². The average molecular weight is 199 g/mol. The van der Waals surface area contributed by atoms with Gasteiger partial charge in [0.15, 0.2) is 0 Å². The molecule has 0 aromatic heterocycles. The van der Waals surface area contributed by atoms with E-state index in [9.17, 15) is 0 Å². The van der Waals surface area contributed by atoms with Gasteiger partial charge in [-0.3, -0.25) is 0 Å². The summed E-state index contributed by atoms with van der Waals surface area (Å²) in [6.07, 6.45) is 6.77. The van der Waals surface area contributed by atoms with Crippen molar-refractivity contribution < 1.29 is 0 Å². The van der Waals surface area contributed by atoms with Crippen molar-refractivity contribution in [3.05, 3.63) is 0 Å². The minimum atomic E-state index is 0.196. The predicted octanol–water partition coefficient (Wildman–Crippen LogP) is 2.65. The summed E-state index contributed by atoms with van der Waals surface area (Å²) in [4.78, 5) is 0. The van der Waals surface area contributed by atoms with E-state index in [1.54, 1.807) is 0 Å². The second-order valence-corrected chi connectivity index (χ2v) is 5.97. The smallest absolute Gasteiger partial charge is 0.0217 e. The Bertz CT molecular complexity index is 177. The first kappa shape index (κ1) is 9.85. The number of hydrogen-bond acceptors (Lipinski definition) is 2. The van der Waals surface area contributed by atoms with Crippen LogP contribution in [0.1, 0.15) is 39.0 Å². The van der Waals surface area contributed by atoms with Crippen LogP contribution in [-0.2, 0) is 0 Å². The highest BCUT2D eigenvalue weighted by Gasteiger charge is 2.42. The normalized spacial score (nSPS) is 46.6. The molecule has 0 aromatic rings. The van der Waals surface area contributed by atoms with Crippen LogP contribution in [0.5, 0.6) is 0 Å². The molecule has 1 saturated carbocycles. The molecule has 0 bridgehead atoms. The first-order chi connectivity index (χ1) is 6.23. The maximum Gasteiger partial charge on any atom is 0.0217 e. The SMILES string of the molecule is CC1CCCCC1(N)C1CCSC1. The standard InChI is InChI=1S/C11H21NS/c1-9-4-2-3-6-11(9,12)10-5-7-13-8-10/h9-10H,2-8,12H2,1H3. The van der Waals surface area contributed by atoms with Crippen LogP contribution in [0.4, 0.5) is 0 Å². The number of rotatable bonds is 1. The molecular weight excluding hydrogens is 178 g/mol. The molecule has 2 fully saturated rings. The minimum absolute atomic E-state index is 0.196. The van der Waals surface area contributed by atoms with Gasteiger partial charge in [0.05, 0.1) is 0 Å². The summed E-state index contributed by atoms with van der Waals surface area (Å²) in [5.74, 6) is 4.23. The van der Waals surface area contributed by atoms with Gasteiger partial charge in [0.2, 0.25) is 0 Å². The monoisotopic (exact) mass is 199 g/mol. The quantitative estimate of drug-likeness (QED) is 0.702. The Kier molecular flexibility index (Phi) is 2.89. The molecule has 13 heavy (non-hydrogen) atoms. The Hall–Kier alpha value is 0.310. The molecule has 2 heteroatoms. The number of thioether (sulfide) groups is 1. The van der Waals surface area contributed by atoms with E-state index in [1.807, 2.05) is 0 Å². The predicted molar refractivity (Wildman–Crippen MR) is 60.0 cm³/mol. The van der Waals surface area contributed by atoms with Crippen molar-refractivity contribution in [3.8, 4) is 0 Å². The highest BCUT2D eigenvalue weighted by molar-refractivity contribution is 7.99. The van der Waals surface area contributed by atoms with E-state index in [-0.39, 0.29) is 5.54 Å². The van der Waals surface area contributed by atoms with Crippen molar-refractivity contribution in [3.63, 3.8) is 0 Å². The van der Waals surface area contributed by atoms with E-state index < -0.39 is 0 Å². The van der Waals surface area contributed by atoms with E-state index in [0.29, 0.717) is 0 Å². The molecule has 2 N–H and O–H groups in total. The van der Waals surface area contributed by atoms with E-state index >= 15 is 0 Å².